The highest BCUT2D eigenvalue weighted by Gasteiger charge is 2.37. The molecule has 14 heavy (non-hydrogen) atoms. The lowest BCUT2D eigenvalue weighted by molar-refractivity contribution is -0.142. The minimum atomic E-state index is -0.987. The lowest BCUT2D eigenvalue weighted by Gasteiger charge is -2.35. The highest BCUT2D eigenvalue weighted by atomic mass is 16.4. The first-order chi connectivity index (χ1) is 6.19. The van der Waals surface area contributed by atoms with Gasteiger partial charge in [0.15, 0.2) is 0 Å². The Morgan fingerprint density at radius 3 is 2.00 bits per heavy atom. The van der Waals surface area contributed by atoms with Gasteiger partial charge in [-0.25, -0.2) is 0 Å². The molecule has 0 saturated carbocycles. The van der Waals surface area contributed by atoms with Crippen LogP contribution in [0.4, 0.5) is 0 Å². The molecular formula is C8H17B2NO3. The second-order valence-electron chi connectivity index (χ2n) is 4.45. The molecule has 0 rings (SSSR count). The third-order valence-corrected chi connectivity index (χ3v) is 2.83. The van der Waals surface area contributed by atoms with E-state index in [9.17, 15) is 9.59 Å². The summed E-state index contributed by atoms with van der Waals surface area (Å²) in [4.78, 5) is 21.8. The topological polar surface area (TPSA) is 66.4 Å². The smallest absolute Gasteiger partial charge is 0.325 e. The van der Waals surface area contributed by atoms with E-state index in [1.54, 1.807) is 0 Å². The van der Waals surface area contributed by atoms with Gasteiger partial charge in [-0.1, -0.05) is 25.0 Å². The first-order valence-electron chi connectivity index (χ1n) is 4.69. The quantitative estimate of drug-likeness (QED) is 0.545. The van der Waals surface area contributed by atoms with Crippen LogP contribution in [-0.4, -0.2) is 38.7 Å². The molecule has 0 aliphatic carbocycles. The summed E-state index contributed by atoms with van der Waals surface area (Å²) in [6.07, 6.45) is 0. The number of carbonyl (C=O) groups is 2. The van der Waals surface area contributed by atoms with Gasteiger partial charge in [0.1, 0.15) is 21.7 Å². The van der Waals surface area contributed by atoms with Crippen LogP contribution in [-0.2, 0) is 9.59 Å². The molecule has 0 bridgehead atoms. The summed E-state index contributed by atoms with van der Waals surface area (Å²) in [5.41, 5.74) is 0. The fourth-order valence-corrected chi connectivity index (χ4v) is 1.10. The van der Waals surface area contributed by atoms with Crippen molar-refractivity contribution in [1.29, 1.82) is 0 Å². The van der Waals surface area contributed by atoms with Gasteiger partial charge in [0, 0.05) is 6.92 Å². The van der Waals surface area contributed by atoms with Crippen LogP contribution in [0.2, 0.25) is 5.21 Å². The number of hydrogen-bond donors (Lipinski definition) is 2. The maximum Gasteiger partial charge on any atom is 0.325 e. The Balaban J connectivity index is 4.81. The molecule has 4 nitrogen and oxygen atoms in total. The molecule has 0 aliphatic rings. The largest absolute Gasteiger partial charge is 0.480 e. The minimum absolute atomic E-state index is 0.176. The summed E-state index contributed by atoms with van der Waals surface area (Å²) >= 11 is 0. The lowest BCUT2D eigenvalue weighted by Crippen LogP contribution is -2.51. The average Bonchev–Trinajstić information content (AvgIpc) is 1.98. The minimum Gasteiger partial charge on any atom is -0.480 e. The molecule has 78 valence electrons. The molecule has 1 amide bonds. The predicted molar refractivity (Wildman–Crippen MR) is 59.9 cm³/mol. The maximum absolute atomic E-state index is 11.0. The van der Waals surface area contributed by atoms with Gasteiger partial charge in [-0.05, 0) is 0 Å². The summed E-state index contributed by atoms with van der Waals surface area (Å²) in [5, 5.41) is 11.0. The van der Waals surface area contributed by atoms with Crippen molar-refractivity contribution in [2.75, 3.05) is 0 Å². The van der Waals surface area contributed by atoms with Gasteiger partial charge in [-0.2, -0.15) is 0 Å². The van der Waals surface area contributed by atoms with Gasteiger partial charge < -0.3 is 10.4 Å². The molecule has 0 aliphatic heterocycles. The summed E-state index contributed by atoms with van der Waals surface area (Å²) in [6, 6.07) is -0.833. The highest BCUT2D eigenvalue weighted by molar-refractivity contribution is 6.42. The average molecular weight is 197 g/mol. The third-order valence-electron chi connectivity index (χ3n) is 2.83. The van der Waals surface area contributed by atoms with Crippen molar-refractivity contribution in [2.24, 2.45) is 5.92 Å². The van der Waals surface area contributed by atoms with E-state index >= 15 is 0 Å². The van der Waals surface area contributed by atoms with E-state index in [-0.39, 0.29) is 11.8 Å². The summed E-state index contributed by atoms with van der Waals surface area (Å²) in [7, 11) is 3.68. The Morgan fingerprint density at radius 1 is 1.36 bits per heavy atom. The van der Waals surface area contributed by atoms with Gasteiger partial charge in [-0.3, -0.25) is 9.59 Å². The first-order valence-corrected chi connectivity index (χ1v) is 4.69. The normalized spacial score (nSPS) is 13.7. The molecule has 0 saturated heterocycles. The van der Waals surface area contributed by atoms with Crippen LogP contribution in [0.5, 0.6) is 0 Å². The Morgan fingerprint density at radius 2 is 1.79 bits per heavy atom. The van der Waals surface area contributed by atoms with Crippen molar-refractivity contribution >= 4 is 27.6 Å². The molecule has 0 spiro atoms. The summed E-state index contributed by atoms with van der Waals surface area (Å²) < 4.78 is 0. The molecule has 0 heterocycles. The number of rotatable bonds is 4. The second-order valence-corrected chi connectivity index (χ2v) is 4.45. The predicted octanol–water partition coefficient (Wildman–Crippen LogP) is -1.39. The number of nitrogens with one attached hydrogen (secondary N) is 1. The Kier molecular flexibility index (Phi) is 4.23. The molecule has 0 radical (unpaired) electrons. The fourth-order valence-electron chi connectivity index (χ4n) is 1.10. The van der Waals surface area contributed by atoms with Crippen LogP contribution in [0.25, 0.3) is 0 Å². The SMILES string of the molecule is BC(B)(C(C)C)C(NC(C)=O)C(=O)O. The molecule has 1 atom stereocenters. The molecule has 0 aromatic rings. The zero-order valence-corrected chi connectivity index (χ0v) is 9.42. The summed E-state index contributed by atoms with van der Waals surface area (Å²) in [6.45, 7) is 5.21. The first kappa shape index (κ1) is 13.1. The zero-order valence-electron chi connectivity index (χ0n) is 9.42. The van der Waals surface area contributed by atoms with Gasteiger partial charge in [0.2, 0.25) is 5.91 Å². The standard InChI is InChI=1S/C8H17B2NO3/c1-4(2)8(9,10)6(7(13)14)11-5(3)12/h4,6H,9-10H2,1-3H3,(H,11,12)(H,13,14). The lowest BCUT2D eigenvalue weighted by atomic mass is 9.45. The molecular weight excluding hydrogens is 180 g/mol. The van der Waals surface area contributed by atoms with Gasteiger partial charge in [-0.15, -0.1) is 0 Å². The number of aliphatic carboxylic acids is 1. The molecule has 6 heteroatoms. The van der Waals surface area contributed by atoms with Gasteiger partial charge in [0.25, 0.3) is 0 Å². The van der Waals surface area contributed by atoms with E-state index < -0.39 is 17.2 Å². The van der Waals surface area contributed by atoms with Crippen LogP contribution >= 0.6 is 0 Å². The van der Waals surface area contributed by atoms with Crippen LogP contribution in [0.3, 0.4) is 0 Å². The van der Waals surface area contributed by atoms with Crippen molar-refractivity contribution in [3.05, 3.63) is 0 Å². The van der Waals surface area contributed by atoms with Crippen molar-refractivity contribution in [1.82, 2.24) is 5.32 Å². The number of hydrogen-bond acceptors (Lipinski definition) is 2. The van der Waals surface area contributed by atoms with Crippen LogP contribution in [0, 0.1) is 5.92 Å². The molecule has 0 fully saturated rings. The van der Waals surface area contributed by atoms with E-state index in [1.165, 1.54) is 6.92 Å². The van der Waals surface area contributed by atoms with E-state index in [1.807, 2.05) is 29.5 Å². The van der Waals surface area contributed by atoms with Crippen molar-refractivity contribution < 1.29 is 14.7 Å². The number of carbonyl (C=O) groups excluding carboxylic acids is 1. The van der Waals surface area contributed by atoms with Crippen molar-refractivity contribution in [3.8, 4) is 0 Å². The Labute approximate surface area is 86.3 Å². The Bertz CT molecular complexity index is 241. The van der Waals surface area contributed by atoms with Gasteiger partial charge >= 0.3 is 5.97 Å². The molecule has 2 N–H and O–H groups in total. The van der Waals surface area contributed by atoms with E-state index in [4.69, 9.17) is 5.11 Å². The van der Waals surface area contributed by atoms with E-state index in [0.29, 0.717) is 0 Å². The van der Waals surface area contributed by atoms with Crippen molar-refractivity contribution in [3.63, 3.8) is 0 Å². The number of carboxylic acid groups (broad SMARTS) is 1. The van der Waals surface area contributed by atoms with Crippen molar-refractivity contribution in [2.45, 2.75) is 32.0 Å². The Hall–Kier alpha value is -0.930. The molecule has 0 aromatic carbocycles. The summed E-state index contributed by atoms with van der Waals surface area (Å²) in [5.74, 6) is -1.12. The third kappa shape index (κ3) is 3.09. The number of amides is 1. The van der Waals surface area contributed by atoms with Gasteiger partial charge in [0.05, 0.1) is 0 Å². The van der Waals surface area contributed by atoms with Crippen LogP contribution < -0.4 is 5.32 Å². The van der Waals surface area contributed by atoms with E-state index in [0.717, 1.165) is 0 Å². The van der Waals surface area contributed by atoms with Crippen LogP contribution in [0.15, 0.2) is 0 Å². The van der Waals surface area contributed by atoms with E-state index in [2.05, 4.69) is 5.32 Å². The monoisotopic (exact) mass is 197 g/mol. The number of carboxylic acids is 1. The maximum atomic E-state index is 11.0. The molecule has 0 aromatic heterocycles. The second kappa shape index (κ2) is 4.53. The molecule has 1 unspecified atom stereocenters. The fraction of sp³-hybridized carbons (Fsp3) is 0.750. The van der Waals surface area contributed by atoms with Crippen LogP contribution in [0.1, 0.15) is 20.8 Å². The highest BCUT2D eigenvalue weighted by Crippen LogP contribution is 2.31. The zero-order chi connectivity index (χ0) is 11.5.